The van der Waals surface area contributed by atoms with E-state index in [-0.39, 0.29) is 18.0 Å². The predicted octanol–water partition coefficient (Wildman–Crippen LogP) is 10.5. The number of methoxy groups -OCH3 is 2. The minimum Gasteiger partial charge on any atom is -0.494 e. The molecule has 0 saturated heterocycles. The third-order valence-corrected chi connectivity index (χ3v) is 13.1. The Bertz CT molecular complexity index is 3110. The molecule has 386 valence electrons. The van der Waals surface area contributed by atoms with Gasteiger partial charge in [0.15, 0.2) is 0 Å². The molecule has 4 heterocycles. The molecule has 0 atom stereocenters. The average molecular weight is 993 g/mol. The van der Waals surface area contributed by atoms with Gasteiger partial charge in [-0.2, -0.15) is 0 Å². The normalized spacial score (nSPS) is 11.1. The Hall–Kier alpha value is -7.96. The van der Waals surface area contributed by atoms with E-state index in [2.05, 4.69) is 110 Å². The minimum absolute atomic E-state index is 0. The van der Waals surface area contributed by atoms with Gasteiger partial charge in [0.05, 0.1) is 53.3 Å². The molecule has 8 aromatic rings. The summed E-state index contributed by atoms with van der Waals surface area (Å²) in [6.45, 7) is 15.8. The van der Waals surface area contributed by atoms with Gasteiger partial charge in [-0.25, -0.2) is 19.9 Å². The number of hydrogen-bond donors (Lipinski definition) is 3. The third kappa shape index (κ3) is 12.6. The Labute approximate surface area is 429 Å². The molecular formula is C55H72N14O4. The summed E-state index contributed by atoms with van der Waals surface area (Å²) in [7, 11) is 11.1. The van der Waals surface area contributed by atoms with E-state index in [4.69, 9.17) is 25.2 Å². The van der Waals surface area contributed by atoms with Gasteiger partial charge in [-0.15, -0.1) is 0 Å². The summed E-state index contributed by atoms with van der Waals surface area (Å²) in [6, 6.07) is 27.2. The molecule has 73 heavy (non-hydrogen) atoms. The molecule has 8 rings (SSSR count). The highest BCUT2D eigenvalue weighted by Crippen LogP contribution is 2.40. The van der Waals surface area contributed by atoms with E-state index in [9.17, 15) is 10.1 Å². The zero-order valence-corrected chi connectivity index (χ0v) is 43.2. The number of nitro groups is 1. The molecule has 4 N–H and O–H groups in total. The fraction of sp³-hybridized carbons (Fsp3) is 0.345. The van der Waals surface area contributed by atoms with Crippen molar-refractivity contribution in [3.05, 3.63) is 120 Å². The zero-order valence-electron chi connectivity index (χ0n) is 43.2. The summed E-state index contributed by atoms with van der Waals surface area (Å²) < 4.78 is 15.5. The van der Waals surface area contributed by atoms with Gasteiger partial charge < -0.3 is 54.6 Å². The van der Waals surface area contributed by atoms with Crippen molar-refractivity contribution in [2.75, 3.05) is 107 Å². The van der Waals surface area contributed by atoms with Crippen molar-refractivity contribution in [2.45, 2.75) is 35.1 Å². The van der Waals surface area contributed by atoms with Crippen LogP contribution in [0.4, 0.5) is 46.0 Å². The summed E-state index contributed by atoms with van der Waals surface area (Å²) >= 11 is 0. The maximum absolute atomic E-state index is 12.0. The first-order chi connectivity index (χ1) is 34.8. The number of nitrogens with zero attached hydrogens (tertiary/aromatic N) is 11. The number of ether oxygens (including phenoxy) is 2. The first-order valence-corrected chi connectivity index (χ1v) is 24.3. The maximum Gasteiger partial charge on any atom is 0.294 e. The first-order valence-electron chi connectivity index (χ1n) is 24.3. The molecule has 0 radical (unpaired) electrons. The highest BCUT2D eigenvalue weighted by molar-refractivity contribution is 5.96. The van der Waals surface area contributed by atoms with Crippen molar-refractivity contribution in [3.8, 4) is 34.0 Å². The number of para-hydroxylation sites is 2. The molecule has 0 aliphatic rings. The number of benzene rings is 4. The van der Waals surface area contributed by atoms with Crippen molar-refractivity contribution in [1.29, 1.82) is 0 Å². The summed E-state index contributed by atoms with van der Waals surface area (Å²) in [5.74, 6) is 1.95. The molecule has 0 aliphatic carbocycles. The predicted molar refractivity (Wildman–Crippen MR) is 300 cm³/mol. The van der Waals surface area contributed by atoms with E-state index < -0.39 is 0 Å². The zero-order chi connectivity index (χ0) is 51.5. The minimum atomic E-state index is -0.374. The van der Waals surface area contributed by atoms with Gasteiger partial charge in [0, 0.05) is 130 Å². The van der Waals surface area contributed by atoms with Crippen LogP contribution in [0.15, 0.2) is 110 Å². The average Bonchev–Trinajstić information content (AvgIpc) is 3.92. The second kappa shape index (κ2) is 24.9. The van der Waals surface area contributed by atoms with Crippen LogP contribution >= 0.6 is 0 Å². The van der Waals surface area contributed by atoms with E-state index in [0.29, 0.717) is 47.0 Å². The Kier molecular flexibility index (Phi) is 18.6. The van der Waals surface area contributed by atoms with E-state index in [1.165, 1.54) is 6.07 Å². The topological polar surface area (TPSA) is 186 Å². The molecule has 0 fully saturated rings. The molecule has 0 unspecified atom stereocenters. The standard InChI is InChI=1S/C27H33N7O3.C27H35N7O.CH4/c1-6-33(7-2)15-14-31(3)24-17-26(37-5)22(16-25(24)34(35)36)30-27-28-13-12-21(29-27)20-18-32(4)23-11-9-8-10-19(20)23;1-6-34(7-2)15-14-32(3)25-17-26(35-5)23(16-21(25)28)31-27-29-13-12-22(30-27)20-18-33(4)24-11-9-8-10-19(20)24;/h8-13,16-18H,6-7,14-15H2,1-5H3,(H,28,29,30);8-13,16-18H,6-7,14-15,28H2,1-5H3,(H,29,30,31);1H4. The van der Waals surface area contributed by atoms with Crippen LogP contribution in [0.2, 0.25) is 0 Å². The Balaban J connectivity index is 0.000000235. The number of fused-ring (bicyclic) bond motifs is 2. The molecule has 0 aliphatic heterocycles. The fourth-order valence-electron chi connectivity index (χ4n) is 8.83. The second-order valence-corrected chi connectivity index (χ2v) is 17.4. The third-order valence-electron chi connectivity index (χ3n) is 13.1. The number of rotatable bonds is 21. The number of aromatic nitrogens is 6. The summed E-state index contributed by atoms with van der Waals surface area (Å²) in [5.41, 5.74) is 15.6. The highest BCUT2D eigenvalue weighted by Gasteiger charge is 2.23. The van der Waals surface area contributed by atoms with Gasteiger partial charge in [0.2, 0.25) is 11.9 Å². The number of nitrogens with two attached hydrogens (primary N) is 1. The smallest absolute Gasteiger partial charge is 0.294 e. The van der Waals surface area contributed by atoms with Crippen molar-refractivity contribution in [3.63, 3.8) is 0 Å². The SMILES string of the molecule is C.CCN(CC)CCN(C)c1cc(OC)c(Nc2nccc(-c3cn(C)c4ccccc34)n2)cc1N.CCN(CC)CCN(C)c1cc(OC)c(Nc2nccc(-c3cn(C)c4ccccc34)n2)cc1[N+](=O)[O-]. The molecule has 18 nitrogen and oxygen atoms in total. The van der Waals surface area contributed by atoms with Crippen LogP contribution in [0.5, 0.6) is 11.5 Å². The second-order valence-electron chi connectivity index (χ2n) is 17.4. The Morgan fingerprint density at radius 2 is 1.05 bits per heavy atom. The van der Waals surface area contributed by atoms with Crippen LogP contribution in [0.3, 0.4) is 0 Å². The Morgan fingerprint density at radius 3 is 1.49 bits per heavy atom. The van der Waals surface area contributed by atoms with Crippen molar-refractivity contribution >= 4 is 67.8 Å². The lowest BCUT2D eigenvalue weighted by Crippen LogP contribution is -2.33. The molecule has 0 spiro atoms. The fourth-order valence-corrected chi connectivity index (χ4v) is 8.83. The molecule has 4 aromatic heterocycles. The van der Waals surface area contributed by atoms with Crippen LogP contribution in [0.25, 0.3) is 44.3 Å². The largest absolute Gasteiger partial charge is 0.494 e. The Morgan fingerprint density at radius 1 is 0.630 bits per heavy atom. The summed E-state index contributed by atoms with van der Waals surface area (Å²) in [6.07, 6.45) is 7.56. The van der Waals surface area contributed by atoms with Crippen LogP contribution in [0, 0.1) is 10.1 Å². The lowest BCUT2D eigenvalue weighted by Gasteiger charge is -2.26. The molecule has 18 heteroatoms. The first kappa shape index (κ1) is 54.4. The van der Waals surface area contributed by atoms with Gasteiger partial charge >= 0.3 is 0 Å². The van der Waals surface area contributed by atoms with Crippen LogP contribution in [-0.2, 0) is 14.1 Å². The number of nitrogens with one attached hydrogen (secondary N) is 2. The van der Waals surface area contributed by atoms with Crippen molar-refractivity contribution in [2.24, 2.45) is 14.1 Å². The van der Waals surface area contributed by atoms with E-state index in [0.717, 1.165) is 102 Å². The van der Waals surface area contributed by atoms with Crippen molar-refractivity contribution < 1.29 is 14.4 Å². The monoisotopic (exact) mass is 993 g/mol. The van der Waals surface area contributed by atoms with Crippen LogP contribution in [0.1, 0.15) is 35.1 Å². The van der Waals surface area contributed by atoms with E-state index in [1.807, 2.05) is 80.8 Å². The molecule has 0 saturated carbocycles. The highest BCUT2D eigenvalue weighted by atomic mass is 16.6. The van der Waals surface area contributed by atoms with Crippen molar-refractivity contribution in [1.82, 2.24) is 38.9 Å². The summed E-state index contributed by atoms with van der Waals surface area (Å²) in [5, 5.41) is 20.7. The van der Waals surface area contributed by atoms with Gasteiger partial charge in [0.25, 0.3) is 5.69 Å². The van der Waals surface area contributed by atoms with Crippen LogP contribution < -0.4 is 35.6 Å². The molecule has 0 bridgehead atoms. The van der Waals surface area contributed by atoms with Gasteiger partial charge in [-0.3, -0.25) is 10.1 Å². The number of aryl methyl sites for hydroxylation is 2. The summed E-state index contributed by atoms with van der Waals surface area (Å²) in [4.78, 5) is 38.6. The van der Waals surface area contributed by atoms with E-state index >= 15 is 0 Å². The quantitative estimate of drug-likeness (QED) is 0.0350. The number of nitro benzene ring substituents is 1. The van der Waals surface area contributed by atoms with E-state index in [1.54, 1.807) is 32.7 Å². The number of hydrogen-bond acceptors (Lipinski definition) is 15. The van der Waals surface area contributed by atoms with Gasteiger partial charge in [-0.05, 0) is 56.5 Å². The molecular weight excluding hydrogens is 921 g/mol. The van der Waals surface area contributed by atoms with Gasteiger partial charge in [-0.1, -0.05) is 71.5 Å². The number of nitrogen functional groups attached to an aromatic ring is 1. The maximum atomic E-state index is 12.0. The van der Waals surface area contributed by atoms with Gasteiger partial charge in [0.1, 0.15) is 17.2 Å². The molecule has 4 aromatic carbocycles. The number of likely N-dealkylation sites (N-methyl/N-ethyl adjacent to an activating group) is 4. The number of anilines is 7. The lowest BCUT2D eigenvalue weighted by molar-refractivity contribution is -0.384. The molecule has 0 amide bonds. The van der Waals surface area contributed by atoms with Crippen LogP contribution in [-0.4, -0.2) is 124 Å². The lowest BCUT2D eigenvalue weighted by atomic mass is 10.1.